The van der Waals surface area contributed by atoms with Crippen LogP contribution in [0.2, 0.25) is 0 Å². The van der Waals surface area contributed by atoms with Gasteiger partial charge in [-0.3, -0.25) is 14.5 Å². The van der Waals surface area contributed by atoms with Gasteiger partial charge in [0.2, 0.25) is 6.79 Å². The minimum Gasteiger partial charge on any atom is -0.484 e. The standard InChI is InChI=1S/C26H31N3O6/c30-25(18-33-21-5-2-1-3-6-21)28-10-4-9-27(11-12-28)16-22-17-29(13-14-32-22)26(31)20-7-8-23-24(15-20)35-19-34-23/h1-3,5-8,15,22H,4,9-14,16-19H2/t22-/m0/s1. The highest BCUT2D eigenvalue weighted by Gasteiger charge is 2.29. The number of hydrogen-bond donors (Lipinski definition) is 0. The Hall–Kier alpha value is -3.30. The third-order valence-electron chi connectivity index (χ3n) is 6.55. The van der Waals surface area contributed by atoms with Crippen LogP contribution >= 0.6 is 0 Å². The summed E-state index contributed by atoms with van der Waals surface area (Å²) in [5.41, 5.74) is 0.594. The van der Waals surface area contributed by atoms with Crippen molar-refractivity contribution in [1.29, 1.82) is 0 Å². The topological polar surface area (TPSA) is 80.8 Å². The smallest absolute Gasteiger partial charge is 0.260 e. The van der Waals surface area contributed by atoms with Crippen LogP contribution in [0.4, 0.5) is 0 Å². The molecule has 0 N–H and O–H groups in total. The number of morpholine rings is 1. The number of carbonyl (C=O) groups excluding carboxylic acids is 2. The molecule has 2 saturated heterocycles. The first-order chi connectivity index (χ1) is 17.2. The third-order valence-corrected chi connectivity index (χ3v) is 6.55. The van der Waals surface area contributed by atoms with E-state index in [0.29, 0.717) is 55.6 Å². The molecule has 0 radical (unpaired) electrons. The monoisotopic (exact) mass is 481 g/mol. The van der Waals surface area contributed by atoms with Crippen LogP contribution in [0.3, 0.4) is 0 Å². The molecule has 0 aromatic heterocycles. The van der Waals surface area contributed by atoms with E-state index in [1.54, 1.807) is 18.2 Å². The molecule has 2 fully saturated rings. The lowest BCUT2D eigenvalue weighted by Gasteiger charge is -2.35. The summed E-state index contributed by atoms with van der Waals surface area (Å²) >= 11 is 0. The van der Waals surface area contributed by atoms with E-state index < -0.39 is 0 Å². The Morgan fingerprint density at radius 2 is 1.77 bits per heavy atom. The Morgan fingerprint density at radius 3 is 2.66 bits per heavy atom. The number of benzene rings is 2. The van der Waals surface area contributed by atoms with E-state index in [4.69, 9.17) is 18.9 Å². The molecule has 0 unspecified atom stereocenters. The fourth-order valence-corrected chi connectivity index (χ4v) is 4.67. The van der Waals surface area contributed by atoms with Crippen LogP contribution in [0, 0.1) is 0 Å². The molecular weight excluding hydrogens is 450 g/mol. The highest BCUT2D eigenvalue weighted by atomic mass is 16.7. The summed E-state index contributed by atoms with van der Waals surface area (Å²) in [6, 6.07) is 14.7. The molecule has 0 saturated carbocycles. The summed E-state index contributed by atoms with van der Waals surface area (Å²) in [5, 5.41) is 0. The third kappa shape index (κ3) is 5.86. The predicted molar refractivity (Wildman–Crippen MR) is 128 cm³/mol. The van der Waals surface area contributed by atoms with Gasteiger partial charge in [-0.2, -0.15) is 0 Å². The van der Waals surface area contributed by atoms with E-state index in [9.17, 15) is 9.59 Å². The van der Waals surface area contributed by atoms with Crippen molar-refractivity contribution in [1.82, 2.24) is 14.7 Å². The lowest BCUT2D eigenvalue weighted by atomic mass is 10.1. The molecule has 5 rings (SSSR count). The average Bonchev–Trinajstić information content (AvgIpc) is 3.25. The van der Waals surface area contributed by atoms with Gasteiger partial charge in [0.25, 0.3) is 11.8 Å². The van der Waals surface area contributed by atoms with E-state index in [2.05, 4.69) is 4.90 Å². The van der Waals surface area contributed by atoms with E-state index >= 15 is 0 Å². The minimum absolute atomic E-state index is 0.00474. The zero-order valence-corrected chi connectivity index (χ0v) is 19.8. The Morgan fingerprint density at radius 1 is 0.914 bits per heavy atom. The van der Waals surface area contributed by atoms with Crippen LogP contribution in [0.25, 0.3) is 0 Å². The zero-order chi connectivity index (χ0) is 24.0. The van der Waals surface area contributed by atoms with Gasteiger partial charge in [0.1, 0.15) is 5.75 Å². The number of fused-ring (bicyclic) bond motifs is 1. The minimum atomic E-state index is -0.0645. The zero-order valence-electron chi connectivity index (χ0n) is 19.8. The summed E-state index contributed by atoms with van der Waals surface area (Å²) in [6.45, 7) is 5.61. The van der Waals surface area contributed by atoms with Gasteiger partial charge >= 0.3 is 0 Å². The van der Waals surface area contributed by atoms with E-state index in [1.165, 1.54) is 0 Å². The van der Waals surface area contributed by atoms with Gasteiger partial charge in [0.15, 0.2) is 18.1 Å². The van der Waals surface area contributed by atoms with Gasteiger partial charge in [0, 0.05) is 44.8 Å². The van der Waals surface area contributed by atoms with E-state index in [0.717, 1.165) is 26.1 Å². The fraction of sp³-hybridized carbons (Fsp3) is 0.462. The van der Waals surface area contributed by atoms with Crippen LogP contribution < -0.4 is 14.2 Å². The first kappa shape index (κ1) is 23.4. The molecule has 2 aromatic carbocycles. The van der Waals surface area contributed by atoms with Gasteiger partial charge in [-0.15, -0.1) is 0 Å². The number of hydrogen-bond acceptors (Lipinski definition) is 7. The quantitative estimate of drug-likeness (QED) is 0.623. The van der Waals surface area contributed by atoms with Crippen LogP contribution in [0.5, 0.6) is 17.2 Å². The van der Waals surface area contributed by atoms with Crippen LogP contribution in [-0.2, 0) is 9.53 Å². The second-order valence-electron chi connectivity index (χ2n) is 8.95. The normalized spacial score (nSPS) is 20.4. The second kappa shape index (κ2) is 11.0. The Bertz CT molecular complexity index is 1030. The van der Waals surface area contributed by atoms with Crippen molar-refractivity contribution in [3.8, 4) is 17.2 Å². The second-order valence-corrected chi connectivity index (χ2v) is 8.95. The van der Waals surface area contributed by atoms with Crippen LogP contribution in [-0.4, -0.2) is 98.4 Å². The molecule has 1 atom stereocenters. The molecule has 2 aromatic rings. The molecule has 9 heteroatoms. The highest BCUT2D eigenvalue weighted by molar-refractivity contribution is 5.95. The average molecular weight is 482 g/mol. The van der Waals surface area contributed by atoms with Crippen molar-refractivity contribution >= 4 is 11.8 Å². The Kier molecular flexibility index (Phi) is 7.34. The summed E-state index contributed by atoms with van der Waals surface area (Å²) in [4.78, 5) is 31.8. The summed E-state index contributed by atoms with van der Waals surface area (Å²) in [5.74, 6) is 1.96. The van der Waals surface area contributed by atoms with Crippen molar-refractivity contribution in [2.75, 3.05) is 65.8 Å². The van der Waals surface area contributed by atoms with Crippen molar-refractivity contribution in [3.05, 3.63) is 54.1 Å². The maximum Gasteiger partial charge on any atom is 0.260 e. The molecule has 35 heavy (non-hydrogen) atoms. The molecule has 0 bridgehead atoms. The number of para-hydroxylation sites is 1. The molecule has 3 aliphatic rings. The van der Waals surface area contributed by atoms with Crippen molar-refractivity contribution < 1.29 is 28.5 Å². The SMILES string of the molecule is O=C(COc1ccccc1)N1CCCN(C[C@H]2CN(C(=O)c3ccc4c(c3)OCO4)CCO2)CC1. The maximum atomic E-state index is 13.1. The van der Waals surface area contributed by atoms with Gasteiger partial charge in [-0.05, 0) is 43.3 Å². The van der Waals surface area contributed by atoms with Crippen LogP contribution in [0.1, 0.15) is 16.8 Å². The van der Waals surface area contributed by atoms with Gasteiger partial charge < -0.3 is 28.7 Å². The molecule has 2 amide bonds. The molecule has 3 aliphatic heterocycles. The van der Waals surface area contributed by atoms with Crippen molar-refractivity contribution in [2.24, 2.45) is 0 Å². The number of carbonyl (C=O) groups is 2. The lowest BCUT2D eigenvalue weighted by Crippen LogP contribution is -2.50. The summed E-state index contributed by atoms with van der Waals surface area (Å²) in [7, 11) is 0. The number of nitrogens with zero attached hydrogens (tertiary/aromatic N) is 3. The predicted octanol–water partition coefficient (Wildman–Crippen LogP) is 1.87. The highest BCUT2D eigenvalue weighted by Crippen LogP contribution is 2.33. The van der Waals surface area contributed by atoms with E-state index in [1.807, 2.05) is 40.1 Å². The van der Waals surface area contributed by atoms with Crippen LogP contribution in [0.15, 0.2) is 48.5 Å². The molecule has 0 spiro atoms. The molecule has 3 heterocycles. The lowest BCUT2D eigenvalue weighted by molar-refractivity contribution is -0.133. The summed E-state index contributed by atoms with van der Waals surface area (Å²) < 4.78 is 22.4. The molecule has 9 nitrogen and oxygen atoms in total. The van der Waals surface area contributed by atoms with Gasteiger partial charge in [-0.25, -0.2) is 0 Å². The Balaban J connectivity index is 1.10. The molecule has 186 valence electrons. The molecular formula is C26H31N3O6. The number of ether oxygens (including phenoxy) is 4. The van der Waals surface area contributed by atoms with Crippen molar-refractivity contribution in [3.63, 3.8) is 0 Å². The Labute approximate surface area is 205 Å². The maximum absolute atomic E-state index is 13.1. The first-order valence-electron chi connectivity index (χ1n) is 12.1. The van der Waals surface area contributed by atoms with E-state index in [-0.39, 0.29) is 31.3 Å². The first-order valence-corrected chi connectivity index (χ1v) is 12.1. The number of amides is 2. The van der Waals surface area contributed by atoms with Gasteiger partial charge in [0.05, 0.1) is 12.7 Å². The number of rotatable bonds is 6. The van der Waals surface area contributed by atoms with Crippen molar-refractivity contribution in [2.45, 2.75) is 12.5 Å². The summed E-state index contributed by atoms with van der Waals surface area (Å²) in [6.07, 6.45) is 0.828. The molecule has 0 aliphatic carbocycles. The largest absolute Gasteiger partial charge is 0.484 e. The van der Waals surface area contributed by atoms with Gasteiger partial charge in [-0.1, -0.05) is 18.2 Å². The fourth-order valence-electron chi connectivity index (χ4n) is 4.67.